The summed E-state index contributed by atoms with van der Waals surface area (Å²) >= 11 is 0. The zero-order valence-corrected chi connectivity index (χ0v) is 19.5. The van der Waals surface area contributed by atoms with Crippen LogP contribution in [-0.4, -0.2) is 65.3 Å². The van der Waals surface area contributed by atoms with Crippen LogP contribution >= 0.6 is 0 Å². The largest absolute Gasteiger partial charge is 0.343 e. The molecule has 3 atom stereocenters. The summed E-state index contributed by atoms with van der Waals surface area (Å²) in [6.07, 6.45) is 0.491. The van der Waals surface area contributed by atoms with E-state index in [0.29, 0.717) is 0 Å². The Labute approximate surface area is 199 Å². The second kappa shape index (κ2) is 8.11. The van der Waals surface area contributed by atoms with Gasteiger partial charge in [-0.15, -0.1) is 0 Å². The Balaban J connectivity index is 1.32. The van der Waals surface area contributed by atoms with Crippen LogP contribution in [0.1, 0.15) is 17.5 Å². The number of likely N-dealkylation sites (N-methyl/N-ethyl adjacent to an activating group) is 1. The normalized spacial score (nSPS) is 25.1. The molecule has 0 spiro atoms. The third-order valence-electron chi connectivity index (χ3n) is 7.41. The molecular formula is C27H29N5O2. The van der Waals surface area contributed by atoms with Gasteiger partial charge < -0.3 is 9.80 Å². The average Bonchev–Trinajstić information content (AvgIpc) is 3.25. The molecule has 6 rings (SSSR count). The number of rotatable bonds is 3. The van der Waals surface area contributed by atoms with Gasteiger partial charge in [0.2, 0.25) is 0 Å². The maximum atomic E-state index is 13.8. The van der Waals surface area contributed by atoms with Crippen LogP contribution in [0.4, 0.5) is 10.5 Å². The van der Waals surface area contributed by atoms with E-state index < -0.39 is 6.04 Å². The second-order valence-corrected chi connectivity index (χ2v) is 9.51. The molecule has 0 bridgehead atoms. The molecule has 7 heteroatoms. The lowest BCUT2D eigenvalue weighted by Crippen LogP contribution is -2.66. The van der Waals surface area contributed by atoms with Crippen molar-refractivity contribution < 1.29 is 9.59 Å². The lowest BCUT2D eigenvalue weighted by atomic mass is 10.0. The summed E-state index contributed by atoms with van der Waals surface area (Å²) < 4.78 is 0. The SMILES string of the molecule is Cc1cccc(N2CCCN3C4C(=O)N(Cc5cccc6ccccc56)C(=O)N(C)C4NC23)c1. The fourth-order valence-electron chi connectivity index (χ4n) is 5.74. The molecule has 3 aromatic carbocycles. The molecule has 3 aromatic rings. The predicted octanol–water partition coefficient (Wildman–Crippen LogP) is 3.34. The maximum absolute atomic E-state index is 13.8. The van der Waals surface area contributed by atoms with E-state index in [1.54, 1.807) is 11.9 Å². The minimum atomic E-state index is -0.407. The Bertz CT molecular complexity index is 1270. The molecule has 0 aliphatic carbocycles. The second-order valence-electron chi connectivity index (χ2n) is 9.51. The number of hydrogen-bond donors (Lipinski definition) is 1. The molecule has 34 heavy (non-hydrogen) atoms. The van der Waals surface area contributed by atoms with Crippen LogP contribution in [-0.2, 0) is 11.3 Å². The average molecular weight is 456 g/mol. The van der Waals surface area contributed by atoms with Crippen LogP contribution in [0.5, 0.6) is 0 Å². The first-order valence-corrected chi connectivity index (χ1v) is 11.9. The molecule has 3 heterocycles. The third kappa shape index (κ3) is 3.27. The first-order valence-electron chi connectivity index (χ1n) is 11.9. The first kappa shape index (κ1) is 21.1. The van der Waals surface area contributed by atoms with Crippen molar-refractivity contribution in [1.82, 2.24) is 20.0 Å². The number of anilines is 1. The van der Waals surface area contributed by atoms with Crippen LogP contribution in [0.3, 0.4) is 0 Å². The third-order valence-corrected chi connectivity index (χ3v) is 7.41. The fraction of sp³-hybridized carbons (Fsp3) is 0.333. The van der Waals surface area contributed by atoms with Gasteiger partial charge in [0.1, 0.15) is 18.5 Å². The van der Waals surface area contributed by atoms with Crippen LogP contribution in [0, 0.1) is 6.92 Å². The topological polar surface area (TPSA) is 59.1 Å². The molecule has 3 aliphatic heterocycles. The molecule has 0 aromatic heterocycles. The monoisotopic (exact) mass is 455 g/mol. The Kier molecular flexibility index (Phi) is 5.04. The van der Waals surface area contributed by atoms with E-state index in [2.05, 4.69) is 58.4 Å². The number of hydrogen-bond acceptors (Lipinski definition) is 5. The molecular weight excluding hydrogens is 426 g/mol. The van der Waals surface area contributed by atoms with E-state index >= 15 is 0 Å². The van der Waals surface area contributed by atoms with Gasteiger partial charge in [-0.1, -0.05) is 54.6 Å². The molecule has 3 amide bonds. The van der Waals surface area contributed by atoms with Gasteiger partial charge in [0, 0.05) is 25.8 Å². The van der Waals surface area contributed by atoms with E-state index in [-0.39, 0.29) is 30.9 Å². The molecule has 0 radical (unpaired) electrons. The molecule has 174 valence electrons. The highest BCUT2D eigenvalue weighted by atomic mass is 16.2. The Morgan fingerprint density at radius 3 is 2.62 bits per heavy atom. The maximum Gasteiger partial charge on any atom is 0.328 e. The number of imide groups is 1. The number of carbonyl (C=O) groups is 2. The number of fused-ring (bicyclic) bond motifs is 4. The van der Waals surface area contributed by atoms with Crippen LogP contribution in [0.25, 0.3) is 10.8 Å². The van der Waals surface area contributed by atoms with Crippen LogP contribution < -0.4 is 10.2 Å². The zero-order valence-electron chi connectivity index (χ0n) is 19.5. The highest BCUT2D eigenvalue weighted by Crippen LogP contribution is 2.34. The summed E-state index contributed by atoms with van der Waals surface area (Å²) in [4.78, 5) is 34.9. The summed E-state index contributed by atoms with van der Waals surface area (Å²) in [5, 5.41) is 5.77. The number of benzene rings is 3. The van der Waals surface area contributed by atoms with Crippen molar-refractivity contribution in [2.24, 2.45) is 0 Å². The van der Waals surface area contributed by atoms with Gasteiger partial charge in [-0.05, 0) is 47.4 Å². The van der Waals surface area contributed by atoms with Crippen molar-refractivity contribution in [3.05, 3.63) is 77.9 Å². The highest BCUT2D eigenvalue weighted by Gasteiger charge is 2.56. The smallest absolute Gasteiger partial charge is 0.328 e. The minimum absolute atomic E-state index is 0.123. The van der Waals surface area contributed by atoms with Crippen molar-refractivity contribution >= 4 is 28.4 Å². The fourth-order valence-corrected chi connectivity index (χ4v) is 5.74. The molecule has 7 nitrogen and oxygen atoms in total. The lowest BCUT2D eigenvalue weighted by molar-refractivity contribution is -0.139. The van der Waals surface area contributed by atoms with Crippen molar-refractivity contribution in [3.8, 4) is 0 Å². The van der Waals surface area contributed by atoms with E-state index in [1.165, 1.54) is 10.5 Å². The highest BCUT2D eigenvalue weighted by molar-refractivity contribution is 6.01. The van der Waals surface area contributed by atoms with Crippen molar-refractivity contribution in [2.75, 3.05) is 25.0 Å². The standard InChI is InChI=1S/C27H29N5O2/c1-18-8-5-12-21(16-18)30-14-7-15-31-23-24(28-26(30)31)29(2)27(34)32(25(23)33)17-20-11-6-10-19-9-3-4-13-22(19)20/h3-6,8-13,16,23-24,26,28H,7,14-15,17H2,1-2H3. The predicted molar refractivity (Wildman–Crippen MR) is 132 cm³/mol. The quantitative estimate of drug-likeness (QED) is 0.657. The molecule has 3 fully saturated rings. The summed E-state index contributed by atoms with van der Waals surface area (Å²) in [6, 6.07) is 21.9. The Morgan fingerprint density at radius 2 is 1.76 bits per heavy atom. The molecule has 1 N–H and O–H groups in total. The van der Waals surface area contributed by atoms with Crippen molar-refractivity contribution in [1.29, 1.82) is 0 Å². The van der Waals surface area contributed by atoms with Crippen LogP contribution in [0.15, 0.2) is 66.7 Å². The number of carbonyl (C=O) groups excluding carboxylic acids is 2. The summed E-state index contributed by atoms with van der Waals surface area (Å²) in [7, 11) is 1.80. The van der Waals surface area contributed by atoms with E-state index in [9.17, 15) is 9.59 Å². The number of nitrogens with one attached hydrogen (secondary N) is 1. The van der Waals surface area contributed by atoms with Crippen molar-refractivity contribution in [2.45, 2.75) is 38.4 Å². The van der Waals surface area contributed by atoms with Gasteiger partial charge in [-0.3, -0.25) is 19.9 Å². The van der Waals surface area contributed by atoms with Gasteiger partial charge in [0.05, 0.1) is 6.54 Å². The lowest BCUT2D eigenvalue weighted by Gasteiger charge is -2.44. The first-order chi connectivity index (χ1) is 16.5. The molecule has 3 unspecified atom stereocenters. The van der Waals surface area contributed by atoms with Crippen LogP contribution in [0.2, 0.25) is 0 Å². The molecule has 3 saturated heterocycles. The number of aryl methyl sites for hydroxylation is 1. The van der Waals surface area contributed by atoms with Crippen molar-refractivity contribution in [3.63, 3.8) is 0 Å². The summed E-state index contributed by atoms with van der Waals surface area (Å²) in [5.74, 6) is -0.123. The molecule has 3 aliphatic rings. The number of amides is 3. The van der Waals surface area contributed by atoms with Gasteiger partial charge in [0.15, 0.2) is 0 Å². The van der Waals surface area contributed by atoms with E-state index in [4.69, 9.17) is 0 Å². The van der Waals surface area contributed by atoms with E-state index in [1.807, 2.05) is 30.3 Å². The van der Waals surface area contributed by atoms with Gasteiger partial charge in [0.25, 0.3) is 5.91 Å². The summed E-state index contributed by atoms with van der Waals surface area (Å²) in [6.45, 7) is 4.08. The van der Waals surface area contributed by atoms with Gasteiger partial charge in [-0.25, -0.2) is 4.79 Å². The molecule has 0 saturated carbocycles. The van der Waals surface area contributed by atoms with Gasteiger partial charge in [-0.2, -0.15) is 0 Å². The number of urea groups is 1. The summed E-state index contributed by atoms with van der Waals surface area (Å²) in [5.41, 5.74) is 3.32. The van der Waals surface area contributed by atoms with E-state index in [0.717, 1.165) is 41.5 Å². The number of nitrogens with zero attached hydrogens (tertiary/aromatic N) is 4. The minimum Gasteiger partial charge on any atom is -0.343 e. The van der Waals surface area contributed by atoms with Gasteiger partial charge >= 0.3 is 6.03 Å². The Morgan fingerprint density at radius 1 is 0.971 bits per heavy atom. The zero-order chi connectivity index (χ0) is 23.4. The Hall–Kier alpha value is -3.42.